The molecular formula is C18H21FN2O. The maximum atomic E-state index is 13.2. The monoisotopic (exact) mass is 300 g/mol. The van der Waals surface area contributed by atoms with Crippen molar-refractivity contribution >= 4 is 11.6 Å². The number of likely N-dealkylation sites (N-methyl/N-ethyl adjacent to an activating group) is 1. The van der Waals surface area contributed by atoms with Gasteiger partial charge in [-0.25, -0.2) is 4.39 Å². The SMILES string of the molecule is Cc1cccc(NC(=O)[C@H](C)N(C)Cc2cccc(F)c2)c1. The first-order valence-corrected chi connectivity index (χ1v) is 7.28. The molecule has 0 heterocycles. The number of hydrogen-bond donors (Lipinski definition) is 1. The van der Waals surface area contributed by atoms with Gasteiger partial charge in [0.05, 0.1) is 6.04 Å². The van der Waals surface area contributed by atoms with E-state index in [0.29, 0.717) is 6.54 Å². The standard InChI is InChI=1S/C18H21FN2O/c1-13-6-4-9-17(10-13)20-18(22)14(2)21(3)12-15-7-5-8-16(19)11-15/h4-11,14H,12H2,1-3H3,(H,20,22)/t14-/m0/s1. The Bertz CT molecular complexity index is 657. The van der Waals surface area contributed by atoms with Crippen LogP contribution >= 0.6 is 0 Å². The molecular weight excluding hydrogens is 279 g/mol. The zero-order chi connectivity index (χ0) is 16.1. The summed E-state index contributed by atoms with van der Waals surface area (Å²) in [5.74, 6) is -0.340. The molecule has 0 saturated carbocycles. The molecule has 1 atom stereocenters. The number of nitrogens with zero attached hydrogens (tertiary/aromatic N) is 1. The fraction of sp³-hybridized carbons (Fsp3) is 0.278. The molecule has 1 amide bonds. The van der Waals surface area contributed by atoms with Crippen LogP contribution in [-0.4, -0.2) is 23.9 Å². The van der Waals surface area contributed by atoms with Crippen molar-refractivity contribution in [3.05, 3.63) is 65.5 Å². The van der Waals surface area contributed by atoms with Gasteiger partial charge in [0.15, 0.2) is 0 Å². The first kappa shape index (κ1) is 16.2. The van der Waals surface area contributed by atoms with Crippen molar-refractivity contribution in [2.24, 2.45) is 0 Å². The number of rotatable bonds is 5. The second-order valence-electron chi connectivity index (χ2n) is 5.58. The Morgan fingerprint density at radius 1 is 1.23 bits per heavy atom. The molecule has 22 heavy (non-hydrogen) atoms. The second kappa shape index (κ2) is 7.18. The molecule has 0 unspecified atom stereocenters. The van der Waals surface area contributed by atoms with Gasteiger partial charge >= 0.3 is 0 Å². The minimum Gasteiger partial charge on any atom is -0.325 e. The lowest BCUT2D eigenvalue weighted by Crippen LogP contribution is -2.39. The van der Waals surface area contributed by atoms with Crippen molar-refractivity contribution in [1.29, 1.82) is 0 Å². The minimum atomic E-state index is -0.316. The van der Waals surface area contributed by atoms with Crippen LogP contribution < -0.4 is 5.32 Å². The predicted molar refractivity (Wildman–Crippen MR) is 87.1 cm³/mol. The molecule has 0 radical (unpaired) electrons. The quantitative estimate of drug-likeness (QED) is 0.915. The Kier molecular flexibility index (Phi) is 5.28. The Labute approximate surface area is 130 Å². The summed E-state index contributed by atoms with van der Waals surface area (Å²) >= 11 is 0. The van der Waals surface area contributed by atoms with E-state index in [2.05, 4.69) is 5.32 Å². The number of nitrogens with one attached hydrogen (secondary N) is 1. The normalized spacial score (nSPS) is 12.2. The Balaban J connectivity index is 1.97. The number of halogens is 1. The van der Waals surface area contributed by atoms with Gasteiger partial charge in [-0.15, -0.1) is 0 Å². The highest BCUT2D eigenvalue weighted by Gasteiger charge is 2.18. The van der Waals surface area contributed by atoms with E-state index in [-0.39, 0.29) is 17.8 Å². The molecule has 0 aliphatic rings. The number of amides is 1. The molecule has 1 N–H and O–H groups in total. The van der Waals surface area contributed by atoms with Gasteiger partial charge in [0, 0.05) is 12.2 Å². The van der Waals surface area contributed by atoms with E-state index in [0.717, 1.165) is 16.8 Å². The predicted octanol–water partition coefficient (Wildman–Crippen LogP) is 3.59. The third-order valence-electron chi connectivity index (χ3n) is 3.65. The van der Waals surface area contributed by atoms with Crippen LogP contribution in [0.3, 0.4) is 0 Å². The molecule has 116 valence electrons. The van der Waals surface area contributed by atoms with E-state index in [9.17, 15) is 9.18 Å². The van der Waals surface area contributed by atoms with Crippen molar-refractivity contribution in [1.82, 2.24) is 4.90 Å². The summed E-state index contributed by atoms with van der Waals surface area (Å²) in [6, 6.07) is 13.8. The average Bonchev–Trinajstić information content (AvgIpc) is 2.46. The number of anilines is 1. The molecule has 0 bridgehead atoms. The lowest BCUT2D eigenvalue weighted by atomic mass is 10.1. The van der Waals surface area contributed by atoms with Crippen LogP contribution in [0.25, 0.3) is 0 Å². The molecule has 2 aromatic carbocycles. The maximum Gasteiger partial charge on any atom is 0.241 e. The number of carbonyl (C=O) groups is 1. The number of carbonyl (C=O) groups excluding carboxylic acids is 1. The molecule has 0 aliphatic heterocycles. The van der Waals surface area contributed by atoms with E-state index in [1.54, 1.807) is 6.07 Å². The number of benzene rings is 2. The first-order valence-electron chi connectivity index (χ1n) is 7.28. The van der Waals surface area contributed by atoms with E-state index in [1.165, 1.54) is 12.1 Å². The fourth-order valence-corrected chi connectivity index (χ4v) is 2.23. The molecule has 0 aromatic heterocycles. The zero-order valence-corrected chi connectivity index (χ0v) is 13.1. The van der Waals surface area contributed by atoms with Crippen molar-refractivity contribution < 1.29 is 9.18 Å². The van der Waals surface area contributed by atoms with Gasteiger partial charge in [-0.05, 0) is 56.3 Å². The summed E-state index contributed by atoms with van der Waals surface area (Å²) in [7, 11) is 1.85. The minimum absolute atomic E-state index is 0.0792. The van der Waals surface area contributed by atoms with Gasteiger partial charge < -0.3 is 5.32 Å². The first-order chi connectivity index (χ1) is 10.5. The average molecular weight is 300 g/mol. The van der Waals surface area contributed by atoms with Crippen molar-refractivity contribution in [3.63, 3.8) is 0 Å². The molecule has 0 saturated heterocycles. The Hall–Kier alpha value is -2.20. The smallest absolute Gasteiger partial charge is 0.241 e. The van der Waals surface area contributed by atoms with Gasteiger partial charge in [-0.2, -0.15) is 0 Å². The van der Waals surface area contributed by atoms with E-state index < -0.39 is 0 Å². The van der Waals surface area contributed by atoms with Crippen LogP contribution in [0.15, 0.2) is 48.5 Å². The summed E-state index contributed by atoms with van der Waals surface area (Å²) in [5.41, 5.74) is 2.73. The van der Waals surface area contributed by atoms with Gasteiger partial charge in [0.1, 0.15) is 5.82 Å². The highest BCUT2D eigenvalue weighted by molar-refractivity contribution is 5.94. The van der Waals surface area contributed by atoms with Crippen molar-refractivity contribution in [2.45, 2.75) is 26.4 Å². The fourth-order valence-electron chi connectivity index (χ4n) is 2.23. The molecule has 0 aliphatic carbocycles. The summed E-state index contributed by atoms with van der Waals surface area (Å²) in [5, 5.41) is 2.91. The molecule has 3 nitrogen and oxygen atoms in total. The van der Waals surface area contributed by atoms with E-state index >= 15 is 0 Å². The molecule has 2 rings (SSSR count). The van der Waals surface area contributed by atoms with Crippen molar-refractivity contribution in [2.75, 3.05) is 12.4 Å². The van der Waals surface area contributed by atoms with Gasteiger partial charge in [-0.1, -0.05) is 24.3 Å². The Morgan fingerprint density at radius 3 is 2.64 bits per heavy atom. The lowest BCUT2D eigenvalue weighted by Gasteiger charge is -2.24. The largest absolute Gasteiger partial charge is 0.325 e. The van der Waals surface area contributed by atoms with Crippen LogP contribution in [-0.2, 0) is 11.3 Å². The topological polar surface area (TPSA) is 32.3 Å². The molecule has 4 heteroatoms. The number of aryl methyl sites for hydroxylation is 1. The summed E-state index contributed by atoms with van der Waals surface area (Å²) in [4.78, 5) is 14.2. The third-order valence-corrected chi connectivity index (χ3v) is 3.65. The van der Waals surface area contributed by atoms with Crippen LogP contribution in [0.4, 0.5) is 10.1 Å². The van der Waals surface area contributed by atoms with E-state index in [4.69, 9.17) is 0 Å². The molecule has 2 aromatic rings. The van der Waals surface area contributed by atoms with Crippen LogP contribution in [0.2, 0.25) is 0 Å². The molecule has 0 fully saturated rings. The summed E-state index contributed by atoms with van der Waals surface area (Å²) in [6.45, 7) is 4.33. The zero-order valence-electron chi connectivity index (χ0n) is 13.1. The second-order valence-corrected chi connectivity index (χ2v) is 5.58. The Morgan fingerprint density at radius 2 is 1.95 bits per heavy atom. The van der Waals surface area contributed by atoms with Crippen LogP contribution in [0.5, 0.6) is 0 Å². The van der Waals surface area contributed by atoms with Crippen LogP contribution in [0, 0.1) is 12.7 Å². The van der Waals surface area contributed by atoms with Gasteiger partial charge in [0.25, 0.3) is 0 Å². The lowest BCUT2D eigenvalue weighted by molar-refractivity contribution is -0.120. The summed E-state index contributed by atoms with van der Waals surface area (Å²) < 4.78 is 13.2. The number of hydrogen-bond acceptors (Lipinski definition) is 2. The van der Waals surface area contributed by atoms with E-state index in [1.807, 2.05) is 56.1 Å². The van der Waals surface area contributed by atoms with Crippen LogP contribution in [0.1, 0.15) is 18.1 Å². The summed E-state index contributed by atoms with van der Waals surface area (Å²) in [6.07, 6.45) is 0. The van der Waals surface area contributed by atoms with Gasteiger partial charge in [0.2, 0.25) is 5.91 Å². The third kappa shape index (κ3) is 4.40. The van der Waals surface area contributed by atoms with Crippen molar-refractivity contribution in [3.8, 4) is 0 Å². The highest BCUT2D eigenvalue weighted by atomic mass is 19.1. The molecule has 0 spiro atoms. The highest BCUT2D eigenvalue weighted by Crippen LogP contribution is 2.12. The maximum absolute atomic E-state index is 13.2. The van der Waals surface area contributed by atoms with Gasteiger partial charge in [-0.3, -0.25) is 9.69 Å².